The van der Waals surface area contributed by atoms with Gasteiger partial charge in [0.2, 0.25) is 0 Å². The first-order chi connectivity index (χ1) is 13.7. The molecule has 2 aliphatic heterocycles. The predicted molar refractivity (Wildman–Crippen MR) is 107 cm³/mol. The first-order valence-corrected chi connectivity index (χ1v) is 9.99. The van der Waals surface area contributed by atoms with Gasteiger partial charge < -0.3 is 14.8 Å². The highest BCUT2D eigenvalue weighted by Gasteiger charge is 2.37. The minimum absolute atomic E-state index is 0.0512. The average molecular weight is 376 g/mol. The number of imidazole rings is 1. The molecule has 2 fully saturated rings. The van der Waals surface area contributed by atoms with E-state index in [0.717, 1.165) is 41.6 Å². The molecule has 3 aromatic rings. The smallest absolute Gasteiger partial charge is 0.289 e. The minimum Gasteiger partial charge on any atom is -0.355 e. The maximum Gasteiger partial charge on any atom is 0.289 e. The van der Waals surface area contributed by atoms with E-state index < -0.39 is 0 Å². The van der Waals surface area contributed by atoms with Gasteiger partial charge in [0, 0.05) is 44.5 Å². The number of hydrogen-bond donors (Lipinski definition) is 1. The summed E-state index contributed by atoms with van der Waals surface area (Å²) < 4.78 is 0. The number of hydrogen-bond acceptors (Lipinski definition) is 5. The molecular formula is C21H24N6O. The number of aromatic amines is 1. The van der Waals surface area contributed by atoms with E-state index in [1.165, 1.54) is 12.8 Å². The third-order valence-electron chi connectivity index (χ3n) is 5.94. The van der Waals surface area contributed by atoms with Crippen LogP contribution in [-0.2, 0) is 0 Å². The quantitative estimate of drug-likeness (QED) is 0.760. The molecule has 0 spiro atoms. The number of aromatic nitrogens is 4. The van der Waals surface area contributed by atoms with Crippen LogP contribution in [-0.4, -0.2) is 56.9 Å². The van der Waals surface area contributed by atoms with Crippen molar-refractivity contribution < 1.29 is 4.79 Å². The number of fused-ring (bicyclic) bond motifs is 1. The van der Waals surface area contributed by atoms with Gasteiger partial charge in [0.05, 0.1) is 16.7 Å². The molecule has 1 amide bonds. The van der Waals surface area contributed by atoms with Crippen molar-refractivity contribution in [2.24, 2.45) is 5.92 Å². The van der Waals surface area contributed by atoms with Gasteiger partial charge in [0.1, 0.15) is 0 Å². The van der Waals surface area contributed by atoms with Crippen molar-refractivity contribution >= 4 is 22.8 Å². The van der Waals surface area contributed by atoms with E-state index in [9.17, 15) is 4.79 Å². The highest BCUT2D eigenvalue weighted by molar-refractivity contribution is 5.94. The van der Waals surface area contributed by atoms with Crippen molar-refractivity contribution in [3.63, 3.8) is 0 Å². The van der Waals surface area contributed by atoms with Crippen LogP contribution >= 0.6 is 0 Å². The van der Waals surface area contributed by atoms with Crippen LogP contribution in [0.1, 0.15) is 42.0 Å². The Balaban J connectivity index is 1.30. The normalized spacial score (nSPS) is 18.5. The van der Waals surface area contributed by atoms with Gasteiger partial charge in [-0.1, -0.05) is 19.1 Å². The number of nitrogens with one attached hydrogen (secondary N) is 1. The first kappa shape index (κ1) is 17.2. The number of carbonyl (C=O) groups excluding carboxylic acids is 1. The summed E-state index contributed by atoms with van der Waals surface area (Å²) in [6.07, 6.45) is 5.91. The number of rotatable bonds is 3. The number of anilines is 1. The largest absolute Gasteiger partial charge is 0.355 e. The van der Waals surface area contributed by atoms with Crippen LogP contribution < -0.4 is 4.90 Å². The summed E-state index contributed by atoms with van der Waals surface area (Å²) >= 11 is 0. The Morgan fingerprint density at radius 1 is 1.11 bits per heavy atom. The second-order valence-electron chi connectivity index (χ2n) is 7.94. The summed E-state index contributed by atoms with van der Waals surface area (Å²) in [5.41, 5.74) is 2.72. The number of para-hydroxylation sites is 2. The fourth-order valence-electron chi connectivity index (χ4n) is 4.11. The number of likely N-dealkylation sites (tertiary alicyclic amines) is 1. The molecule has 144 valence electrons. The van der Waals surface area contributed by atoms with Crippen LogP contribution in [0.5, 0.6) is 0 Å². The second-order valence-corrected chi connectivity index (χ2v) is 7.94. The lowest BCUT2D eigenvalue weighted by Crippen LogP contribution is -2.49. The van der Waals surface area contributed by atoms with Gasteiger partial charge in [-0.05, 0) is 30.9 Å². The fraction of sp³-hybridized carbons (Fsp3) is 0.429. The molecule has 1 N–H and O–H groups in total. The number of amides is 1. The lowest BCUT2D eigenvalue weighted by atomic mass is 9.94. The van der Waals surface area contributed by atoms with Crippen molar-refractivity contribution in [3.8, 4) is 0 Å². The van der Waals surface area contributed by atoms with E-state index in [-0.39, 0.29) is 11.8 Å². The zero-order valence-corrected chi connectivity index (χ0v) is 16.0. The van der Waals surface area contributed by atoms with E-state index in [2.05, 4.69) is 31.8 Å². The molecule has 0 atom stereocenters. The Hall–Kier alpha value is -2.96. The Labute approximate surface area is 163 Å². The summed E-state index contributed by atoms with van der Waals surface area (Å²) in [7, 11) is 0. The molecule has 2 aliphatic rings. The number of H-pyrrole nitrogens is 1. The van der Waals surface area contributed by atoms with Crippen molar-refractivity contribution in [2.75, 3.05) is 31.1 Å². The number of nitrogens with zero attached hydrogens (tertiary/aromatic N) is 5. The Morgan fingerprint density at radius 2 is 1.86 bits per heavy atom. The van der Waals surface area contributed by atoms with Crippen LogP contribution in [0.2, 0.25) is 0 Å². The Morgan fingerprint density at radius 3 is 2.64 bits per heavy atom. The zero-order valence-electron chi connectivity index (χ0n) is 16.0. The molecule has 0 radical (unpaired) electrons. The predicted octanol–water partition coefficient (Wildman–Crippen LogP) is 2.83. The molecule has 28 heavy (non-hydrogen) atoms. The molecule has 2 aromatic heterocycles. The number of carbonyl (C=O) groups is 1. The van der Waals surface area contributed by atoms with Crippen LogP contribution in [0.25, 0.3) is 11.0 Å². The van der Waals surface area contributed by atoms with Crippen molar-refractivity contribution in [2.45, 2.75) is 25.7 Å². The van der Waals surface area contributed by atoms with Crippen LogP contribution in [0, 0.1) is 5.92 Å². The maximum atomic E-state index is 12.8. The number of benzene rings is 1. The van der Waals surface area contributed by atoms with Gasteiger partial charge in [-0.3, -0.25) is 9.78 Å². The van der Waals surface area contributed by atoms with Crippen LogP contribution in [0.3, 0.4) is 0 Å². The zero-order chi connectivity index (χ0) is 19.1. The van der Waals surface area contributed by atoms with Crippen molar-refractivity contribution in [3.05, 3.63) is 48.2 Å². The molecule has 5 rings (SSSR count). The summed E-state index contributed by atoms with van der Waals surface area (Å²) in [4.78, 5) is 33.8. The van der Waals surface area contributed by atoms with E-state index in [1.54, 1.807) is 12.4 Å². The van der Waals surface area contributed by atoms with Gasteiger partial charge >= 0.3 is 0 Å². The molecule has 2 saturated heterocycles. The lowest BCUT2D eigenvalue weighted by molar-refractivity contribution is 0.0587. The standard InChI is InChI=1S/C21H24N6O/c1-14-6-10-26(11-7-14)20-18(22-8-9-23-20)15-12-27(13-15)21(28)19-24-16-4-2-3-5-17(16)25-19/h2-5,8-9,14-15H,6-7,10-13H2,1H3,(H,24,25). The van der Waals surface area contributed by atoms with Gasteiger partial charge in [-0.15, -0.1) is 0 Å². The molecule has 1 aromatic carbocycles. The third-order valence-corrected chi connectivity index (χ3v) is 5.94. The summed E-state index contributed by atoms with van der Waals surface area (Å²) in [6, 6.07) is 7.70. The van der Waals surface area contributed by atoms with E-state index in [1.807, 2.05) is 29.2 Å². The Kier molecular flexibility index (Phi) is 4.22. The molecule has 0 bridgehead atoms. The highest BCUT2D eigenvalue weighted by Crippen LogP contribution is 2.33. The molecule has 4 heterocycles. The summed E-state index contributed by atoms with van der Waals surface area (Å²) in [5.74, 6) is 2.36. The topological polar surface area (TPSA) is 78.0 Å². The molecule has 0 aliphatic carbocycles. The number of piperidine rings is 1. The molecular weight excluding hydrogens is 352 g/mol. The molecule has 0 unspecified atom stereocenters. The minimum atomic E-state index is -0.0512. The van der Waals surface area contributed by atoms with Crippen LogP contribution in [0.15, 0.2) is 36.7 Å². The van der Waals surface area contributed by atoms with Gasteiger partial charge in [-0.2, -0.15) is 0 Å². The molecule has 0 saturated carbocycles. The van der Waals surface area contributed by atoms with E-state index >= 15 is 0 Å². The maximum absolute atomic E-state index is 12.8. The summed E-state index contributed by atoms with van der Waals surface area (Å²) in [5, 5.41) is 0. The monoisotopic (exact) mass is 376 g/mol. The molecule has 7 heteroatoms. The highest BCUT2D eigenvalue weighted by atomic mass is 16.2. The first-order valence-electron chi connectivity index (χ1n) is 9.99. The van der Waals surface area contributed by atoms with Gasteiger partial charge in [-0.25, -0.2) is 9.97 Å². The molecule has 7 nitrogen and oxygen atoms in total. The van der Waals surface area contributed by atoms with Crippen molar-refractivity contribution in [1.82, 2.24) is 24.8 Å². The second kappa shape index (κ2) is 6.89. The fourth-order valence-corrected chi connectivity index (χ4v) is 4.11. The lowest BCUT2D eigenvalue weighted by Gasteiger charge is -2.40. The van der Waals surface area contributed by atoms with Gasteiger partial charge in [0.15, 0.2) is 11.6 Å². The van der Waals surface area contributed by atoms with Gasteiger partial charge in [0.25, 0.3) is 5.91 Å². The SMILES string of the molecule is CC1CCN(c2nccnc2C2CN(C(=O)c3nc4ccccc4[nH]3)C2)CC1. The average Bonchev–Trinajstić information content (AvgIpc) is 3.12. The van der Waals surface area contributed by atoms with E-state index in [4.69, 9.17) is 0 Å². The Bertz CT molecular complexity index is 968. The van der Waals surface area contributed by atoms with Crippen molar-refractivity contribution in [1.29, 1.82) is 0 Å². The third kappa shape index (κ3) is 3.00. The van der Waals surface area contributed by atoms with Crippen LogP contribution in [0.4, 0.5) is 5.82 Å². The summed E-state index contributed by atoms with van der Waals surface area (Å²) in [6.45, 7) is 5.68. The van der Waals surface area contributed by atoms with E-state index in [0.29, 0.717) is 18.9 Å².